The molecule has 7 heteroatoms. The van der Waals surface area contributed by atoms with Crippen molar-refractivity contribution in [1.29, 1.82) is 0 Å². The molecule has 0 bridgehead atoms. The molecule has 0 radical (unpaired) electrons. The minimum absolute atomic E-state index is 0.569. The first kappa shape index (κ1) is 14.7. The summed E-state index contributed by atoms with van der Waals surface area (Å²) in [5, 5.41) is 4.03. The first-order chi connectivity index (χ1) is 10.7. The summed E-state index contributed by atoms with van der Waals surface area (Å²) >= 11 is 9.71. The lowest BCUT2D eigenvalue weighted by molar-refractivity contribution is 0.0379. The molecule has 22 heavy (non-hydrogen) atoms. The highest BCUT2D eigenvalue weighted by Gasteiger charge is 2.22. The molecule has 2 aromatic rings. The molecule has 3 N–H and O–H groups in total. The third kappa shape index (κ3) is 3.51. The molecule has 0 saturated carbocycles. The summed E-state index contributed by atoms with van der Waals surface area (Å²) in [6, 6.07) is 19.6. The molecule has 0 unspecified atom stereocenters. The van der Waals surface area contributed by atoms with Gasteiger partial charge in [-0.3, -0.25) is 16.3 Å². The number of anilines is 2. The van der Waals surface area contributed by atoms with Gasteiger partial charge >= 0.3 is 0 Å². The number of nitrogens with zero attached hydrogens (tertiary/aromatic N) is 2. The van der Waals surface area contributed by atoms with Gasteiger partial charge in [0.25, 0.3) is 0 Å². The van der Waals surface area contributed by atoms with Crippen molar-refractivity contribution >= 4 is 41.2 Å². The zero-order valence-electron chi connectivity index (χ0n) is 11.6. The van der Waals surface area contributed by atoms with Crippen LogP contribution in [0.5, 0.6) is 0 Å². The van der Waals surface area contributed by atoms with Gasteiger partial charge in [-0.05, 0) is 29.5 Å². The van der Waals surface area contributed by atoms with Gasteiger partial charge in [-0.25, -0.2) is 0 Å². The Bertz CT molecular complexity index is 675. The van der Waals surface area contributed by atoms with E-state index in [0.29, 0.717) is 10.0 Å². The Labute approximate surface area is 139 Å². The van der Waals surface area contributed by atoms with Gasteiger partial charge in [0.15, 0.2) is 0 Å². The molecule has 112 valence electrons. The van der Waals surface area contributed by atoms with Gasteiger partial charge in [-0.2, -0.15) is 5.12 Å². The van der Waals surface area contributed by atoms with Crippen LogP contribution in [0.25, 0.3) is 0 Å². The first-order valence-electron chi connectivity index (χ1n) is 6.67. The molecular weight excluding hydrogens is 314 g/mol. The van der Waals surface area contributed by atoms with E-state index in [-0.39, 0.29) is 0 Å². The normalized spacial score (nSPS) is 15.0. The lowest BCUT2D eigenvalue weighted by atomic mass is 10.3. The van der Waals surface area contributed by atoms with E-state index in [9.17, 15) is 0 Å². The van der Waals surface area contributed by atoms with Crippen molar-refractivity contribution < 1.29 is 0 Å². The predicted octanol–water partition coefficient (Wildman–Crippen LogP) is 3.18. The van der Waals surface area contributed by atoms with Gasteiger partial charge in [0, 0.05) is 6.08 Å². The lowest BCUT2D eigenvalue weighted by Gasteiger charge is -2.39. The topological polar surface area (TPSA) is 42.6 Å². The molecule has 5 nitrogen and oxygen atoms in total. The highest BCUT2D eigenvalue weighted by Crippen LogP contribution is 2.19. The summed E-state index contributed by atoms with van der Waals surface area (Å²) in [4.78, 5) is 0.569. The second-order valence-electron chi connectivity index (χ2n) is 4.56. The molecule has 0 aliphatic carbocycles. The molecule has 1 aliphatic rings. The SMILES string of the molecule is S=C1C=C(S)N(Nc2ccccc2)N(Nc2ccccc2)N1. The maximum absolute atomic E-state index is 5.22. The zero-order valence-corrected chi connectivity index (χ0v) is 13.3. The summed E-state index contributed by atoms with van der Waals surface area (Å²) < 4.78 is 0. The van der Waals surface area contributed by atoms with Crippen molar-refractivity contribution in [3.05, 3.63) is 71.8 Å². The standard InChI is InChI=1S/C15H15N5S2/c21-14-11-15(22)19(16-12-7-3-1-4-8-12)20(18-14)17-13-9-5-2-6-10-13/h1-11,16-17,22H,(H,18,21). The van der Waals surface area contributed by atoms with Gasteiger partial charge < -0.3 is 0 Å². The summed E-state index contributed by atoms with van der Waals surface area (Å²) in [6.45, 7) is 0. The second kappa shape index (κ2) is 6.69. The largest absolute Gasteiger partial charge is 0.281 e. The smallest absolute Gasteiger partial charge is 0.119 e. The van der Waals surface area contributed by atoms with E-state index < -0.39 is 0 Å². The number of para-hydroxylation sites is 2. The van der Waals surface area contributed by atoms with E-state index in [1.165, 1.54) is 0 Å². The third-order valence-corrected chi connectivity index (χ3v) is 3.44. The van der Waals surface area contributed by atoms with Gasteiger partial charge in [0.1, 0.15) is 10.0 Å². The van der Waals surface area contributed by atoms with E-state index in [1.54, 1.807) is 16.4 Å². The molecule has 1 aliphatic heterocycles. The molecule has 2 aromatic carbocycles. The fourth-order valence-corrected chi connectivity index (χ4v) is 2.48. The van der Waals surface area contributed by atoms with E-state index in [2.05, 4.69) is 28.9 Å². The van der Waals surface area contributed by atoms with Crippen molar-refractivity contribution in [2.24, 2.45) is 0 Å². The molecule has 0 saturated heterocycles. The van der Waals surface area contributed by atoms with Gasteiger partial charge in [0.2, 0.25) is 0 Å². The molecule has 0 amide bonds. The number of hydrazine groups is 4. The number of benzene rings is 2. The molecule has 3 rings (SSSR count). The first-order valence-corrected chi connectivity index (χ1v) is 7.53. The van der Waals surface area contributed by atoms with Crippen LogP contribution in [0, 0.1) is 0 Å². The average molecular weight is 329 g/mol. The van der Waals surface area contributed by atoms with Crippen LogP contribution in [-0.2, 0) is 0 Å². The Hall–Kier alpha value is -2.22. The van der Waals surface area contributed by atoms with Crippen molar-refractivity contribution in [3.8, 4) is 0 Å². The van der Waals surface area contributed by atoms with Crippen LogP contribution in [0.4, 0.5) is 11.4 Å². The number of hydrogen-bond acceptors (Lipinski definition) is 6. The van der Waals surface area contributed by atoms with Gasteiger partial charge in [-0.1, -0.05) is 48.6 Å². The number of rotatable bonds is 4. The van der Waals surface area contributed by atoms with E-state index >= 15 is 0 Å². The molecule has 0 atom stereocenters. The Balaban J connectivity index is 1.82. The van der Waals surface area contributed by atoms with E-state index in [4.69, 9.17) is 12.2 Å². The van der Waals surface area contributed by atoms with Crippen LogP contribution < -0.4 is 16.3 Å². The summed E-state index contributed by atoms with van der Waals surface area (Å²) in [5.41, 5.74) is 11.4. The molecular formula is C15H15N5S2. The van der Waals surface area contributed by atoms with Crippen molar-refractivity contribution in [2.45, 2.75) is 0 Å². The van der Waals surface area contributed by atoms with Crippen LogP contribution in [0.1, 0.15) is 0 Å². The second-order valence-corrected chi connectivity index (χ2v) is 5.46. The minimum Gasteiger partial charge on any atom is -0.281 e. The van der Waals surface area contributed by atoms with Crippen LogP contribution in [0.15, 0.2) is 71.8 Å². The molecule has 0 fully saturated rings. The highest BCUT2D eigenvalue weighted by atomic mass is 32.1. The summed E-state index contributed by atoms with van der Waals surface area (Å²) in [5.74, 6) is 0. The van der Waals surface area contributed by atoms with Gasteiger partial charge in [0.05, 0.1) is 11.4 Å². The zero-order chi connectivity index (χ0) is 15.4. The summed E-state index contributed by atoms with van der Waals surface area (Å²) in [7, 11) is 0. The lowest BCUT2D eigenvalue weighted by Crippen LogP contribution is -2.59. The number of thiocarbonyl (C=S) groups is 1. The number of nitrogens with one attached hydrogen (secondary N) is 3. The monoisotopic (exact) mass is 329 g/mol. The Kier molecular flexibility index (Phi) is 4.47. The Morgan fingerprint density at radius 1 is 0.864 bits per heavy atom. The molecule has 1 heterocycles. The number of thiol groups is 1. The third-order valence-electron chi connectivity index (χ3n) is 2.91. The number of hydrogen-bond donors (Lipinski definition) is 4. The Morgan fingerprint density at radius 2 is 1.41 bits per heavy atom. The molecule has 0 spiro atoms. The Morgan fingerprint density at radius 3 is 2.00 bits per heavy atom. The fourth-order valence-electron chi connectivity index (χ4n) is 1.92. The maximum atomic E-state index is 5.22. The van der Waals surface area contributed by atoms with Crippen molar-refractivity contribution in [2.75, 3.05) is 10.9 Å². The van der Waals surface area contributed by atoms with Crippen LogP contribution in [0.2, 0.25) is 0 Å². The quantitative estimate of drug-likeness (QED) is 0.510. The average Bonchev–Trinajstić information content (AvgIpc) is 2.53. The van der Waals surface area contributed by atoms with Crippen LogP contribution in [-0.4, -0.2) is 15.3 Å². The predicted molar refractivity (Wildman–Crippen MR) is 96.6 cm³/mol. The van der Waals surface area contributed by atoms with E-state index in [1.807, 2.05) is 60.7 Å². The maximum Gasteiger partial charge on any atom is 0.119 e. The summed E-state index contributed by atoms with van der Waals surface area (Å²) in [6.07, 6.45) is 1.76. The van der Waals surface area contributed by atoms with Crippen molar-refractivity contribution in [3.63, 3.8) is 0 Å². The molecule has 0 aromatic heterocycles. The van der Waals surface area contributed by atoms with Crippen LogP contribution in [0.3, 0.4) is 0 Å². The van der Waals surface area contributed by atoms with E-state index in [0.717, 1.165) is 11.4 Å². The van der Waals surface area contributed by atoms with Gasteiger partial charge in [-0.15, -0.1) is 12.6 Å². The van der Waals surface area contributed by atoms with Crippen LogP contribution >= 0.6 is 24.8 Å². The fraction of sp³-hybridized carbons (Fsp3) is 0. The van der Waals surface area contributed by atoms with Crippen molar-refractivity contribution in [1.82, 2.24) is 15.8 Å². The highest BCUT2D eigenvalue weighted by molar-refractivity contribution is 7.84. The minimum atomic E-state index is 0.569.